The third kappa shape index (κ3) is 6.68. The Morgan fingerprint density at radius 1 is 0.824 bits per heavy atom. The van der Waals surface area contributed by atoms with Crippen molar-refractivity contribution in [2.75, 3.05) is 6.61 Å². The first-order chi connectivity index (χ1) is 16.5. The molecule has 1 fully saturated rings. The number of nitrogens with one attached hydrogen (secondary N) is 1. The molecule has 0 aromatic heterocycles. The van der Waals surface area contributed by atoms with E-state index in [4.69, 9.17) is 4.74 Å². The van der Waals surface area contributed by atoms with Crippen molar-refractivity contribution in [1.82, 2.24) is 9.62 Å². The topological polar surface area (TPSA) is 75.7 Å². The van der Waals surface area contributed by atoms with Gasteiger partial charge in [0.05, 0.1) is 4.90 Å². The summed E-state index contributed by atoms with van der Waals surface area (Å²) in [6.45, 7) is 0.815. The second-order valence-corrected chi connectivity index (χ2v) is 10.3. The fourth-order valence-corrected chi connectivity index (χ4v) is 5.43. The molecule has 0 unspecified atom stereocenters. The first kappa shape index (κ1) is 24.0. The quantitative estimate of drug-likeness (QED) is 0.465. The number of rotatable bonds is 10. The van der Waals surface area contributed by atoms with E-state index in [1.165, 1.54) is 12.1 Å². The van der Waals surface area contributed by atoms with Crippen LogP contribution in [-0.4, -0.2) is 31.9 Å². The zero-order chi connectivity index (χ0) is 23.8. The molecule has 34 heavy (non-hydrogen) atoms. The third-order valence-electron chi connectivity index (χ3n) is 5.96. The maximum atomic E-state index is 13.0. The molecule has 1 N–H and O–H groups in total. The van der Waals surface area contributed by atoms with Crippen LogP contribution in [0.5, 0.6) is 5.75 Å². The van der Waals surface area contributed by atoms with Crippen molar-refractivity contribution in [3.05, 3.63) is 96.1 Å². The van der Waals surface area contributed by atoms with Crippen LogP contribution in [0.1, 0.15) is 36.8 Å². The number of ether oxygens (including phenoxy) is 1. The summed E-state index contributed by atoms with van der Waals surface area (Å²) in [5.74, 6) is 0.305. The Kier molecular flexibility index (Phi) is 7.98. The molecule has 0 spiro atoms. The Bertz CT molecular complexity index is 1120. The molecule has 6 nitrogen and oxygen atoms in total. The predicted octanol–water partition coefficient (Wildman–Crippen LogP) is 4.52. The van der Waals surface area contributed by atoms with Crippen molar-refractivity contribution in [3.63, 3.8) is 0 Å². The summed E-state index contributed by atoms with van der Waals surface area (Å²) in [6.07, 6.45) is 3.87. The molecule has 0 bridgehead atoms. The largest absolute Gasteiger partial charge is 0.484 e. The molecule has 3 aromatic carbocycles. The maximum Gasteiger partial charge on any atom is 0.261 e. The lowest BCUT2D eigenvalue weighted by molar-refractivity contribution is -0.134. The van der Waals surface area contributed by atoms with E-state index < -0.39 is 10.0 Å². The van der Waals surface area contributed by atoms with E-state index in [1.807, 2.05) is 60.7 Å². The first-order valence-corrected chi connectivity index (χ1v) is 13.1. The van der Waals surface area contributed by atoms with E-state index in [2.05, 4.69) is 4.72 Å². The Morgan fingerprint density at radius 2 is 1.35 bits per heavy atom. The van der Waals surface area contributed by atoms with Crippen LogP contribution in [0.2, 0.25) is 0 Å². The van der Waals surface area contributed by atoms with Crippen LogP contribution in [0.15, 0.2) is 89.8 Å². The molecular formula is C27H30N2O4S. The zero-order valence-corrected chi connectivity index (χ0v) is 19.9. The van der Waals surface area contributed by atoms with E-state index in [1.54, 1.807) is 17.0 Å². The van der Waals surface area contributed by atoms with Gasteiger partial charge in [-0.3, -0.25) is 4.79 Å². The molecule has 0 heterocycles. The minimum absolute atomic E-state index is 0.0127. The third-order valence-corrected chi connectivity index (χ3v) is 7.49. The molecule has 1 amide bonds. The molecular weight excluding hydrogens is 448 g/mol. The van der Waals surface area contributed by atoms with Gasteiger partial charge in [-0.25, -0.2) is 13.1 Å². The number of hydrogen-bond acceptors (Lipinski definition) is 4. The first-order valence-electron chi connectivity index (χ1n) is 11.6. The van der Waals surface area contributed by atoms with Gasteiger partial charge in [0.1, 0.15) is 5.75 Å². The molecule has 1 aliphatic carbocycles. The second-order valence-electron chi connectivity index (χ2n) is 8.58. The van der Waals surface area contributed by atoms with Crippen LogP contribution in [-0.2, 0) is 27.9 Å². The minimum atomic E-state index is -3.56. The molecule has 7 heteroatoms. The summed E-state index contributed by atoms with van der Waals surface area (Å²) < 4.78 is 33.7. The zero-order valence-electron chi connectivity index (χ0n) is 19.1. The van der Waals surface area contributed by atoms with Gasteiger partial charge in [0, 0.05) is 19.1 Å². The Morgan fingerprint density at radius 3 is 1.88 bits per heavy atom. The number of sulfonamides is 1. The predicted molar refractivity (Wildman–Crippen MR) is 132 cm³/mol. The van der Waals surface area contributed by atoms with Gasteiger partial charge in [-0.1, -0.05) is 73.5 Å². The van der Waals surface area contributed by atoms with E-state index in [9.17, 15) is 13.2 Å². The highest BCUT2D eigenvalue weighted by atomic mass is 32.2. The van der Waals surface area contributed by atoms with Crippen LogP contribution < -0.4 is 9.46 Å². The van der Waals surface area contributed by atoms with Gasteiger partial charge in [0.2, 0.25) is 10.0 Å². The number of nitrogens with zero attached hydrogens (tertiary/aromatic N) is 1. The van der Waals surface area contributed by atoms with Crippen molar-refractivity contribution in [1.29, 1.82) is 0 Å². The molecule has 0 saturated heterocycles. The summed E-state index contributed by atoms with van der Waals surface area (Å²) in [5, 5.41) is 0. The molecule has 4 rings (SSSR count). The fraction of sp³-hybridized carbons (Fsp3) is 0.296. The van der Waals surface area contributed by atoms with Gasteiger partial charge < -0.3 is 9.64 Å². The Labute approximate surface area is 201 Å². The van der Waals surface area contributed by atoms with Gasteiger partial charge in [-0.05, 0) is 48.2 Å². The van der Waals surface area contributed by atoms with Crippen LogP contribution in [0.25, 0.3) is 0 Å². The second kappa shape index (κ2) is 11.3. The van der Waals surface area contributed by atoms with E-state index in [-0.39, 0.29) is 23.5 Å². The summed E-state index contributed by atoms with van der Waals surface area (Å²) >= 11 is 0. The van der Waals surface area contributed by atoms with Crippen molar-refractivity contribution in [2.24, 2.45) is 0 Å². The molecule has 3 aromatic rings. The van der Waals surface area contributed by atoms with Gasteiger partial charge in [0.25, 0.3) is 5.91 Å². The van der Waals surface area contributed by atoms with Crippen LogP contribution in [0, 0.1) is 0 Å². The molecule has 0 radical (unpaired) electrons. The molecule has 1 aliphatic rings. The van der Waals surface area contributed by atoms with Crippen molar-refractivity contribution in [2.45, 2.75) is 49.7 Å². The lowest BCUT2D eigenvalue weighted by Gasteiger charge is -2.23. The van der Waals surface area contributed by atoms with Crippen molar-refractivity contribution < 1.29 is 17.9 Å². The average Bonchev–Trinajstić information content (AvgIpc) is 3.36. The SMILES string of the molecule is O=C(COc1ccc(S(=O)(=O)NC2CCCC2)cc1)N(Cc1ccccc1)Cc1ccccc1. The molecule has 1 saturated carbocycles. The van der Waals surface area contributed by atoms with Crippen molar-refractivity contribution >= 4 is 15.9 Å². The highest BCUT2D eigenvalue weighted by molar-refractivity contribution is 7.89. The molecule has 178 valence electrons. The summed E-state index contributed by atoms with van der Waals surface area (Å²) in [6, 6.07) is 25.9. The van der Waals surface area contributed by atoms with Gasteiger partial charge >= 0.3 is 0 Å². The average molecular weight is 479 g/mol. The van der Waals surface area contributed by atoms with Gasteiger partial charge in [-0.15, -0.1) is 0 Å². The van der Waals surface area contributed by atoms with E-state index >= 15 is 0 Å². The number of benzene rings is 3. The normalized spacial score (nSPS) is 14.1. The van der Waals surface area contributed by atoms with E-state index in [0.717, 1.165) is 36.8 Å². The van der Waals surface area contributed by atoms with Crippen LogP contribution in [0.4, 0.5) is 0 Å². The Hall–Kier alpha value is -3.16. The number of amides is 1. The minimum Gasteiger partial charge on any atom is -0.484 e. The van der Waals surface area contributed by atoms with Gasteiger partial charge in [0.15, 0.2) is 6.61 Å². The standard InChI is InChI=1S/C27H30N2O4S/c30-27(29(19-22-9-3-1-4-10-22)20-23-11-5-2-6-12-23)21-33-25-15-17-26(18-16-25)34(31,32)28-24-13-7-8-14-24/h1-6,9-12,15-18,24,28H,7-8,13-14,19-21H2. The smallest absolute Gasteiger partial charge is 0.261 e. The monoisotopic (exact) mass is 478 g/mol. The number of carbonyl (C=O) groups excluding carboxylic acids is 1. The van der Waals surface area contributed by atoms with Crippen LogP contribution >= 0.6 is 0 Å². The summed E-state index contributed by atoms with van der Waals surface area (Å²) in [5.41, 5.74) is 2.08. The summed E-state index contributed by atoms with van der Waals surface area (Å²) in [4.78, 5) is 15.0. The van der Waals surface area contributed by atoms with Crippen molar-refractivity contribution in [3.8, 4) is 5.75 Å². The number of carbonyl (C=O) groups is 1. The fourth-order valence-electron chi connectivity index (χ4n) is 4.12. The Balaban J connectivity index is 1.38. The summed E-state index contributed by atoms with van der Waals surface area (Å²) in [7, 11) is -3.56. The number of hydrogen-bond donors (Lipinski definition) is 1. The highest BCUT2D eigenvalue weighted by Gasteiger charge is 2.23. The molecule has 0 atom stereocenters. The molecule has 0 aliphatic heterocycles. The lowest BCUT2D eigenvalue weighted by atomic mass is 10.1. The van der Waals surface area contributed by atoms with E-state index in [0.29, 0.717) is 18.8 Å². The lowest BCUT2D eigenvalue weighted by Crippen LogP contribution is -2.34. The maximum absolute atomic E-state index is 13.0. The highest BCUT2D eigenvalue weighted by Crippen LogP contribution is 2.22. The van der Waals surface area contributed by atoms with Gasteiger partial charge in [-0.2, -0.15) is 0 Å². The van der Waals surface area contributed by atoms with Crippen LogP contribution in [0.3, 0.4) is 0 Å².